The number of carbonyl (C=O) groups excluding carboxylic acids is 2. The summed E-state index contributed by atoms with van der Waals surface area (Å²) in [5, 5.41) is 7.02. The number of benzene rings is 3. The number of methoxy groups -OCH3 is 1. The normalized spacial score (nSPS) is 12.8. The monoisotopic (exact) mass is 597 g/mol. The van der Waals surface area contributed by atoms with E-state index in [0.29, 0.717) is 35.0 Å². The summed E-state index contributed by atoms with van der Waals surface area (Å²) in [7, 11) is 1.30. The van der Waals surface area contributed by atoms with Crippen molar-refractivity contribution in [3.05, 3.63) is 89.5 Å². The van der Waals surface area contributed by atoms with Crippen LogP contribution in [0.3, 0.4) is 0 Å². The quantitative estimate of drug-likeness (QED) is 0.124. The van der Waals surface area contributed by atoms with E-state index < -0.39 is 11.5 Å². The van der Waals surface area contributed by atoms with E-state index in [1.807, 2.05) is 36.4 Å². The molecule has 0 saturated carbocycles. The third kappa shape index (κ3) is 7.92. The van der Waals surface area contributed by atoms with Crippen LogP contribution in [0.15, 0.2) is 77.3 Å². The highest BCUT2D eigenvalue weighted by Crippen LogP contribution is 2.29. The molecule has 0 fully saturated rings. The summed E-state index contributed by atoms with van der Waals surface area (Å²) in [4.78, 5) is 30.7. The molecule has 1 amide bonds. The van der Waals surface area contributed by atoms with Crippen molar-refractivity contribution in [2.45, 2.75) is 77.7 Å². The van der Waals surface area contributed by atoms with Crippen molar-refractivity contribution in [2.75, 3.05) is 13.7 Å². The predicted molar refractivity (Wildman–Crippen MR) is 171 cm³/mol. The fourth-order valence-electron chi connectivity index (χ4n) is 4.87. The van der Waals surface area contributed by atoms with E-state index in [-0.39, 0.29) is 11.3 Å². The van der Waals surface area contributed by atoms with Gasteiger partial charge in [0.15, 0.2) is 5.54 Å². The molecule has 0 aliphatic carbocycles. The van der Waals surface area contributed by atoms with Gasteiger partial charge in [0.05, 0.1) is 13.7 Å². The van der Waals surface area contributed by atoms with Gasteiger partial charge in [-0.05, 0) is 78.4 Å². The first-order valence-corrected chi connectivity index (χ1v) is 15.2. The third-order valence-corrected chi connectivity index (χ3v) is 7.73. The number of unbranched alkanes of at least 4 members (excludes halogenated alkanes) is 4. The molecule has 0 unspecified atom stereocenters. The Hall–Kier alpha value is -4.46. The lowest BCUT2D eigenvalue weighted by atomic mass is 9.86. The Morgan fingerprint density at radius 3 is 2.02 bits per heavy atom. The maximum atomic E-state index is 13.2. The Morgan fingerprint density at radius 1 is 0.795 bits per heavy atom. The second-order valence-electron chi connectivity index (χ2n) is 12.2. The van der Waals surface area contributed by atoms with Gasteiger partial charge in [0.2, 0.25) is 5.82 Å². The van der Waals surface area contributed by atoms with Gasteiger partial charge in [-0.25, -0.2) is 4.79 Å². The van der Waals surface area contributed by atoms with Crippen LogP contribution in [0.5, 0.6) is 5.75 Å². The van der Waals surface area contributed by atoms with Gasteiger partial charge in [-0.2, -0.15) is 4.98 Å². The molecule has 4 rings (SSSR count). The van der Waals surface area contributed by atoms with Crippen LogP contribution < -0.4 is 10.1 Å². The van der Waals surface area contributed by atoms with Gasteiger partial charge in [0, 0.05) is 16.7 Å². The second-order valence-corrected chi connectivity index (χ2v) is 12.2. The zero-order chi connectivity index (χ0) is 31.7. The largest absolute Gasteiger partial charge is 0.494 e. The smallest absolute Gasteiger partial charge is 0.336 e. The molecule has 8 heteroatoms. The van der Waals surface area contributed by atoms with Crippen LogP contribution in [0, 0.1) is 0 Å². The fourth-order valence-corrected chi connectivity index (χ4v) is 4.87. The molecule has 0 aliphatic heterocycles. The fraction of sp³-hybridized carbons (Fsp3) is 0.389. The summed E-state index contributed by atoms with van der Waals surface area (Å²) >= 11 is 0. The standard InChI is InChI=1S/C36H43N3O5/c1-7-8-9-10-11-24-43-30-22-16-25(17-23-30)31-37-33(44-39-31)27-14-20-29(21-15-27)36(5,34(41)42-6)38-32(40)26-12-18-28(19-13-26)35(2,3)4/h12-23H,7-11,24H2,1-6H3,(H,38,40)/t36-/m0/s1. The Labute approximate surface area is 260 Å². The molecule has 8 nitrogen and oxygen atoms in total. The molecule has 232 valence electrons. The van der Waals surface area contributed by atoms with Gasteiger partial charge in [-0.15, -0.1) is 0 Å². The lowest BCUT2D eigenvalue weighted by Gasteiger charge is -2.28. The van der Waals surface area contributed by atoms with Crippen LogP contribution in [0.2, 0.25) is 0 Å². The molecule has 1 atom stereocenters. The number of nitrogens with zero attached hydrogens (tertiary/aromatic N) is 2. The van der Waals surface area contributed by atoms with Crippen molar-refractivity contribution in [3.8, 4) is 28.6 Å². The molecule has 0 saturated heterocycles. The number of hydrogen-bond donors (Lipinski definition) is 1. The van der Waals surface area contributed by atoms with Crippen molar-refractivity contribution in [2.24, 2.45) is 0 Å². The molecule has 0 aliphatic rings. The van der Waals surface area contributed by atoms with Gasteiger partial charge in [-0.1, -0.05) is 82.8 Å². The summed E-state index contributed by atoms with van der Waals surface area (Å²) in [5.74, 6) is 0.633. The number of nitrogens with one attached hydrogen (secondary N) is 1. The molecular weight excluding hydrogens is 554 g/mol. The zero-order valence-electron chi connectivity index (χ0n) is 26.6. The molecule has 4 aromatic rings. The van der Waals surface area contributed by atoms with Crippen molar-refractivity contribution < 1.29 is 23.6 Å². The predicted octanol–water partition coefficient (Wildman–Crippen LogP) is 7.87. The number of carbonyl (C=O) groups is 2. The van der Waals surface area contributed by atoms with Crippen LogP contribution in [0.25, 0.3) is 22.8 Å². The lowest BCUT2D eigenvalue weighted by molar-refractivity contribution is -0.148. The Morgan fingerprint density at radius 2 is 1.41 bits per heavy atom. The number of esters is 1. The molecule has 1 heterocycles. The van der Waals surface area contributed by atoms with E-state index >= 15 is 0 Å². The van der Waals surface area contributed by atoms with E-state index in [1.165, 1.54) is 32.8 Å². The molecule has 3 aromatic carbocycles. The number of ether oxygens (including phenoxy) is 2. The molecule has 0 radical (unpaired) electrons. The van der Waals surface area contributed by atoms with Crippen molar-refractivity contribution in [1.82, 2.24) is 15.5 Å². The van der Waals surface area contributed by atoms with Crippen LogP contribution in [-0.4, -0.2) is 35.7 Å². The van der Waals surface area contributed by atoms with Crippen LogP contribution in [0.4, 0.5) is 0 Å². The minimum Gasteiger partial charge on any atom is -0.494 e. The van der Waals surface area contributed by atoms with Gasteiger partial charge in [0.25, 0.3) is 11.8 Å². The number of rotatable bonds is 13. The van der Waals surface area contributed by atoms with Gasteiger partial charge in [-0.3, -0.25) is 4.79 Å². The van der Waals surface area contributed by atoms with E-state index in [0.717, 1.165) is 23.3 Å². The molecule has 1 aromatic heterocycles. The maximum absolute atomic E-state index is 13.2. The van der Waals surface area contributed by atoms with Gasteiger partial charge < -0.3 is 19.3 Å². The highest BCUT2D eigenvalue weighted by atomic mass is 16.5. The Kier molecular flexibility index (Phi) is 10.6. The minimum atomic E-state index is -1.42. The highest BCUT2D eigenvalue weighted by molar-refractivity contribution is 5.98. The minimum absolute atomic E-state index is 0.0387. The molecule has 1 N–H and O–H groups in total. The van der Waals surface area contributed by atoms with E-state index in [4.69, 9.17) is 14.0 Å². The van der Waals surface area contributed by atoms with E-state index in [1.54, 1.807) is 43.3 Å². The van der Waals surface area contributed by atoms with Crippen LogP contribution in [-0.2, 0) is 20.5 Å². The van der Waals surface area contributed by atoms with Crippen LogP contribution in [0.1, 0.15) is 88.2 Å². The first kappa shape index (κ1) is 32.5. The summed E-state index contributed by atoms with van der Waals surface area (Å²) < 4.78 is 16.5. The van der Waals surface area contributed by atoms with Gasteiger partial charge >= 0.3 is 5.97 Å². The highest BCUT2D eigenvalue weighted by Gasteiger charge is 2.38. The summed E-state index contributed by atoms with van der Waals surface area (Å²) in [6.45, 7) is 10.9. The summed E-state index contributed by atoms with van der Waals surface area (Å²) in [6.07, 6.45) is 5.97. The van der Waals surface area contributed by atoms with Crippen molar-refractivity contribution >= 4 is 11.9 Å². The number of hydrogen-bond acceptors (Lipinski definition) is 7. The number of aromatic nitrogens is 2. The summed E-state index contributed by atoms with van der Waals surface area (Å²) in [6, 6.07) is 22.1. The first-order valence-electron chi connectivity index (χ1n) is 15.2. The number of amides is 1. The van der Waals surface area contributed by atoms with Crippen molar-refractivity contribution in [3.63, 3.8) is 0 Å². The second kappa shape index (κ2) is 14.3. The average molecular weight is 598 g/mol. The SMILES string of the molecule is CCCCCCCOc1ccc(-c2noc(-c3ccc([C@](C)(NC(=O)c4ccc(C(C)(C)C)cc4)C(=O)OC)cc3)n2)cc1. The molecule has 0 spiro atoms. The lowest BCUT2D eigenvalue weighted by Crippen LogP contribution is -2.50. The third-order valence-electron chi connectivity index (χ3n) is 7.73. The Balaban J connectivity index is 1.44. The van der Waals surface area contributed by atoms with Crippen molar-refractivity contribution in [1.29, 1.82) is 0 Å². The molecule has 44 heavy (non-hydrogen) atoms. The van der Waals surface area contributed by atoms with Gasteiger partial charge in [0.1, 0.15) is 5.75 Å². The average Bonchev–Trinajstić information content (AvgIpc) is 3.53. The molecule has 0 bridgehead atoms. The first-order chi connectivity index (χ1) is 21.0. The Bertz CT molecular complexity index is 1520. The molecular formula is C36H43N3O5. The summed E-state index contributed by atoms with van der Waals surface area (Å²) in [5.41, 5.74) is 2.13. The van der Waals surface area contributed by atoms with E-state index in [2.05, 4.69) is 43.2 Å². The van der Waals surface area contributed by atoms with E-state index in [9.17, 15) is 9.59 Å². The zero-order valence-corrected chi connectivity index (χ0v) is 26.6. The topological polar surface area (TPSA) is 104 Å². The maximum Gasteiger partial charge on any atom is 0.336 e. The van der Waals surface area contributed by atoms with Crippen LogP contribution >= 0.6 is 0 Å².